The fourth-order valence-corrected chi connectivity index (χ4v) is 2.32. The van der Waals surface area contributed by atoms with Gasteiger partial charge in [-0.15, -0.1) is 0 Å². The van der Waals surface area contributed by atoms with Crippen molar-refractivity contribution in [1.29, 1.82) is 0 Å². The average molecular weight is 353 g/mol. The third-order valence-electron chi connectivity index (χ3n) is 2.27. The smallest absolute Gasteiger partial charge is 0.344 e. The Labute approximate surface area is 122 Å². The number of aliphatic carboxylic acids is 1. The average Bonchev–Trinajstić information content (AvgIpc) is 2.30. The summed E-state index contributed by atoms with van der Waals surface area (Å²) in [6.07, 6.45) is -0.307. The summed E-state index contributed by atoms with van der Waals surface area (Å²) < 4.78 is 5.49. The van der Waals surface area contributed by atoms with Gasteiger partial charge >= 0.3 is 11.7 Å². The molecule has 0 heterocycles. The number of halogens is 2. The Hall–Kier alpha value is -1.34. The maximum atomic E-state index is 11.0. The van der Waals surface area contributed by atoms with Crippen molar-refractivity contribution in [2.45, 2.75) is 25.9 Å². The Bertz CT molecular complexity index is 508. The molecule has 0 aliphatic carbocycles. The zero-order valence-corrected chi connectivity index (χ0v) is 12.3. The van der Waals surface area contributed by atoms with Crippen LogP contribution in [0.1, 0.15) is 19.8 Å². The monoisotopic (exact) mass is 351 g/mol. The van der Waals surface area contributed by atoms with Crippen molar-refractivity contribution in [3.63, 3.8) is 0 Å². The van der Waals surface area contributed by atoms with Gasteiger partial charge in [0.05, 0.1) is 9.40 Å². The van der Waals surface area contributed by atoms with E-state index in [0.717, 1.165) is 6.07 Å². The molecule has 1 aromatic rings. The number of nitro benzene ring substituents is 1. The van der Waals surface area contributed by atoms with Crippen LogP contribution in [0.2, 0.25) is 5.02 Å². The minimum absolute atomic E-state index is 0.129. The molecule has 0 saturated heterocycles. The lowest BCUT2D eigenvalue weighted by Crippen LogP contribution is -2.27. The maximum Gasteiger partial charge on any atom is 0.344 e. The topological polar surface area (TPSA) is 89.7 Å². The normalized spacial score (nSPS) is 11.9. The van der Waals surface area contributed by atoms with Crippen molar-refractivity contribution >= 4 is 39.2 Å². The van der Waals surface area contributed by atoms with Crippen LogP contribution in [-0.4, -0.2) is 22.1 Å². The van der Waals surface area contributed by atoms with Crippen LogP contribution in [0.15, 0.2) is 16.6 Å². The van der Waals surface area contributed by atoms with E-state index in [1.165, 1.54) is 6.07 Å². The molecule has 0 spiro atoms. The summed E-state index contributed by atoms with van der Waals surface area (Å²) in [4.78, 5) is 21.3. The minimum atomic E-state index is -1.17. The van der Waals surface area contributed by atoms with E-state index in [0.29, 0.717) is 6.42 Å². The molecule has 1 aromatic carbocycles. The van der Waals surface area contributed by atoms with Crippen LogP contribution in [0.5, 0.6) is 5.75 Å². The summed E-state index contributed by atoms with van der Waals surface area (Å²) in [5, 5.41) is 20.1. The molecule has 0 amide bonds. The molecule has 0 aliphatic rings. The van der Waals surface area contributed by atoms with E-state index in [-0.39, 0.29) is 27.4 Å². The van der Waals surface area contributed by atoms with Crippen molar-refractivity contribution in [2.24, 2.45) is 0 Å². The third kappa shape index (κ3) is 4.07. The highest BCUT2D eigenvalue weighted by Gasteiger charge is 2.26. The number of hydrogen-bond acceptors (Lipinski definition) is 4. The number of benzene rings is 1. The molecule has 0 aromatic heterocycles. The predicted molar refractivity (Wildman–Crippen MR) is 72.8 cm³/mol. The fraction of sp³-hybridized carbons (Fsp3) is 0.364. The van der Waals surface area contributed by atoms with E-state index in [2.05, 4.69) is 15.9 Å². The van der Waals surface area contributed by atoms with Crippen LogP contribution in [0.25, 0.3) is 0 Å². The zero-order chi connectivity index (χ0) is 14.6. The number of nitro groups is 1. The molecule has 104 valence electrons. The second-order valence-electron chi connectivity index (χ2n) is 3.73. The van der Waals surface area contributed by atoms with E-state index >= 15 is 0 Å². The second kappa shape index (κ2) is 6.72. The van der Waals surface area contributed by atoms with Crippen LogP contribution >= 0.6 is 27.5 Å². The number of nitrogens with zero attached hydrogens (tertiary/aromatic N) is 1. The highest BCUT2D eigenvalue weighted by atomic mass is 79.9. The molecule has 8 heteroatoms. The van der Waals surface area contributed by atoms with Gasteiger partial charge in [0.1, 0.15) is 0 Å². The SMILES string of the molecule is CCCC(Oc1c(Br)cc(Cl)cc1[N+](=O)[O-])C(=O)O. The molecule has 6 nitrogen and oxygen atoms in total. The number of carboxylic acids is 1. The Kier molecular flexibility index (Phi) is 5.56. The zero-order valence-electron chi connectivity index (χ0n) is 9.93. The Morgan fingerprint density at radius 2 is 2.26 bits per heavy atom. The summed E-state index contributed by atoms with van der Waals surface area (Å²) in [6, 6.07) is 2.53. The van der Waals surface area contributed by atoms with Gasteiger partial charge in [-0.3, -0.25) is 10.1 Å². The molecule has 0 bridgehead atoms. The molecule has 0 fully saturated rings. The van der Waals surface area contributed by atoms with Crippen LogP contribution in [0.4, 0.5) is 5.69 Å². The largest absolute Gasteiger partial charge is 0.479 e. The van der Waals surface area contributed by atoms with Gasteiger partial charge in [0, 0.05) is 11.1 Å². The summed E-state index contributed by atoms with van der Waals surface area (Å²) in [6.45, 7) is 1.80. The predicted octanol–water partition coefficient (Wildman–Crippen LogP) is 3.64. The first-order valence-corrected chi connectivity index (χ1v) is 6.56. The fourth-order valence-electron chi connectivity index (χ4n) is 1.44. The van der Waals surface area contributed by atoms with Crippen LogP contribution < -0.4 is 4.74 Å². The quantitative estimate of drug-likeness (QED) is 0.623. The molecular formula is C11H11BrClNO5. The first kappa shape index (κ1) is 15.7. The third-order valence-corrected chi connectivity index (χ3v) is 3.08. The lowest BCUT2D eigenvalue weighted by Gasteiger charge is -2.15. The summed E-state index contributed by atoms with van der Waals surface area (Å²) >= 11 is 8.81. The highest BCUT2D eigenvalue weighted by molar-refractivity contribution is 9.10. The number of carboxylic acid groups (broad SMARTS) is 1. The van der Waals surface area contributed by atoms with E-state index in [4.69, 9.17) is 21.4 Å². The standard InChI is InChI=1S/C11H11BrClNO5/c1-2-3-9(11(15)16)19-10-7(12)4-6(13)5-8(10)14(17)18/h4-5,9H,2-3H2,1H3,(H,15,16). The van der Waals surface area contributed by atoms with Crippen LogP contribution in [-0.2, 0) is 4.79 Å². The van der Waals surface area contributed by atoms with Gasteiger partial charge in [0.2, 0.25) is 5.75 Å². The van der Waals surface area contributed by atoms with E-state index in [1.54, 1.807) is 6.92 Å². The van der Waals surface area contributed by atoms with Crippen molar-refractivity contribution in [1.82, 2.24) is 0 Å². The van der Waals surface area contributed by atoms with Crippen molar-refractivity contribution in [3.05, 3.63) is 31.7 Å². The van der Waals surface area contributed by atoms with Gasteiger partial charge in [-0.2, -0.15) is 0 Å². The minimum Gasteiger partial charge on any atom is -0.479 e. The summed E-state index contributed by atoms with van der Waals surface area (Å²) in [5.41, 5.74) is -0.373. The first-order valence-electron chi connectivity index (χ1n) is 5.39. The van der Waals surface area contributed by atoms with E-state index < -0.39 is 17.0 Å². The summed E-state index contributed by atoms with van der Waals surface area (Å²) in [7, 11) is 0. The molecule has 1 atom stereocenters. The number of rotatable bonds is 6. The number of carbonyl (C=O) groups is 1. The van der Waals surface area contributed by atoms with Gasteiger partial charge < -0.3 is 9.84 Å². The molecular weight excluding hydrogens is 341 g/mol. The molecule has 1 N–H and O–H groups in total. The van der Waals surface area contributed by atoms with Crippen molar-refractivity contribution in [3.8, 4) is 5.75 Å². The van der Waals surface area contributed by atoms with Gasteiger partial charge in [-0.25, -0.2) is 4.79 Å². The summed E-state index contributed by atoms with van der Waals surface area (Å²) in [5.74, 6) is -1.30. The van der Waals surface area contributed by atoms with Gasteiger partial charge in [-0.05, 0) is 28.4 Å². The Morgan fingerprint density at radius 1 is 1.63 bits per heavy atom. The van der Waals surface area contributed by atoms with Crippen molar-refractivity contribution < 1.29 is 19.6 Å². The van der Waals surface area contributed by atoms with Crippen LogP contribution in [0, 0.1) is 10.1 Å². The Morgan fingerprint density at radius 3 is 2.74 bits per heavy atom. The second-order valence-corrected chi connectivity index (χ2v) is 5.02. The molecule has 0 radical (unpaired) electrons. The van der Waals surface area contributed by atoms with Gasteiger partial charge in [0.15, 0.2) is 6.10 Å². The molecule has 1 rings (SSSR count). The van der Waals surface area contributed by atoms with Gasteiger partial charge in [0.25, 0.3) is 0 Å². The van der Waals surface area contributed by atoms with Gasteiger partial charge in [-0.1, -0.05) is 24.9 Å². The molecule has 0 saturated carbocycles. The lowest BCUT2D eigenvalue weighted by molar-refractivity contribution is -0.386. The molecule has 0 aliphatic heterocycles. The molecule has 19 heavy (non-hydrogen) atoms. The number of hydrogen-bond donors (Lipinski definition) is 1. The first-order chi connectivity index (χ1) is 8.86. The lowest BCUT2D eigenvalue weighted by atomic mass is 10.2. The Balaban J connectivity index is 3.18. The number of ether oxygens (including phenoxy) is 1. The molecule has 1 unspecified atom stereocenters. The van der Waals surface area contributed by atoms with E-state index in [9.17, 15) is 14.9 Å². The van der Waals surface area contributed by atoms with E-state index in [1.807, 2.05) is 0 Å². The van der Waals surface area contributed by atoms with Crippen molar-refractivity contribution in [2.75, 3.05) is 0 Å². The highest BCUT2D eigenvalue weighted by Crippen LogP contribution is 2.38. The van der Waals surface area contributed by atoms with Crippen LogP contribution in [0.3, 0.4) is 0 Å². The maximum absolute atomic E-state index is 11.0.